The van der Waals surface area contributed by atoms with E-state index in [9.17, 15) is 28.8 Å². The first-order valence-electron chi connectivity index (χ1n) is 18.3. The monoisotopic (exact) mass is 774 g/mol. The van der Waals surface area contributed by atoms with E-state index in [1.165, 1.54) is 31.0 Å². The lowest BCUT2D eigenvalue weighted by Gasteiger charge is -2.32. The number of Topliss-reactive ketones (excluding diaryl/α,β-unsaturated/α-hetero) is 1. The van der Waals surface area contributed by atoms with E-state index in [4.69, 9.17) is 15.1 Å². The fraction of sp³-hybridized carbons (Fsp3) is 0.302. The van der Waals surface area contributed by atoms with Crippen LogP contribution < -0.4 is 10.2 Å². The molecule has 2 N–H and O–H groups in total. The van der Waals surface area contributed by atoms with Crippen molar-refractivity contribution in [2.75, 3.05) is 11.9 Å². The zero-order chi connectivity index (χ0) is 41.5. The van der Waals surface area contributed by atoms with Gasteiger partial charge in [-0.05, 0) is 81.6 Å². The maximum atomic E-state index is 14.5. The highest BCUT2D eigenvalue weighted by molar-refractivity contribution is 6.15. The van der Waals surface area contributed by atoms with E-state index in [2.05, 4.69) is 10.4 Å². The zero-order valence-corrected chi connectivity index (χ0v) is 32.7. The van der Waals surface area contributed by atoms with Crippen LogP contribution in [0.15, 0.2) is 114 Å². The number of nitrogens with one attached hydrogen (secondary N) is 2. The third-order valence-corrected chi connectivity index (χ3v) is 9.48. The Labute approximate surface area is 331 Å². The van der Waals surface area contributed by atoms with Gasteiger partial charge in [0.2, 0.25) is 5.91 Å². The van der Waals surface area contributed by atoms with Gasteiger partial charge < -0.3 is 14.9 Å². The summed E-state index contributed by atoms with van der Waals surface area (Å²) in [5.41, 5.74) is 8.49. The van der Waals surface area contributed by atoms with E-state index in [1.807, 2.05) is 54.6 Å². The third-order valence-electron chi connectivity index (χ3n) is 9.48. The number of hydroxylamine groups is 2. The Morgan fingerprint density at radius 1 is 0.842 bits per heavy atom. The van der Waals surface area contributed by atoms with Gasteiger partial charge in [-0.2, -0.15) is 5.11 Å². The van der Waals surface area contributed by atoms with Crippen molar-refractivity contribution in [3.63, 3.8) is 0 Å². The summed E-state index contributed by atoms with van der Waals surface area (Å²) in [6, 6.07) is 27.5. The molecule has 0 saturated carbocycles. The predicted molar refractivity (Wildman–Crippen MR) is 210 cm³/mol. The van der Waals surface area contributed by atoms with Gasteiger partial charge in [0.1, 0.15) is 11.1 Å². The number of para-hydroxylation sites is 1. The minimum absolute atomic E-state index is 0.0761. The van der Waals surface area contributed by atoms with E-state index in [-0.39, 0.29) is 18.8 Å². The number of imide groups is 1. The summed E-state index contributed by atoms with van der Waals surface area (Å²) in [7, 11) is 1.44. The minimum Gasteiger partial charge on any atom is -0.460 e. The molecule has 1 heterocycles. The SMILES string of the molecule is CNC(CC(=O)OC(C)(C)C)C(=O)N(c1ccccc1)[C@@H](C(C)=O)C(=O)ON1C(=O)N(Cc2ccc(-c3ccccc3)cc2)[C@](C)(c2ccc(CN=N)cc2)C1=O. The van der Waals surface area contributed by atoms with Crippen molar-refractivity contribution in [1.82, 2.24) is 15.3 Å². The second kappa shape index (κ2) is 17.5. The first-order valence-corrected chi connectivity index (χ1v) is 18.3. The predicted octanol–water partition coefficient (Wildman–Crippen LogP) is 6.33. The number of carbonyl (C=O) groups is 6. The first kappa shape index (κ1) is 41.6. The Bertz CT molecular complexity index is 2120. The fourth-order valence-electron chi connectivity index (χ4n) is 6.54. The number of urea groups is 1. The normalized spacial score (nSPS) is 16.5. The Balaban J connectivity index is 1.50. The van der Waals surface area contributed by atoms with Crippen LogP contribution in [-0.2, 0) is 52.2 Å². The quantitative estimate of drug-likeness (QED) is 0.0604. The number of ether oxygens (including phenoxy) is 1. The maximum absolute atomic E-state index is 14.5. The largest absolute Gasteiger partial charge is 0.460 e. The number of nitrogens with zero attached hydrogens (tertiary/aromatic N) is 4. The van der Waals surface area contributed by atoms with E-state index in [0.717, 1.165) is 23.0 Å². The van der Waals surface area contributed by atoms with Gasteiger partial charge in [-0.25, -0.2) is 15.1 Å². The summed E-state index contributed by atoms with van der Waals surface area (Å²) in [5, 5.41) is 6.52. The highest BCUT2D eigenvalue weighted by Crippen LogP contribution is 2.39. The van der Waals surface area contributed by atoms with Crippen molar-refractivity contribution in [2.24, 2.45) is 5.11 Å². The molecule has 1 saturated heterocycles. The number of carbonyl (C=O) groups excluding carboxylic acids is 6. The molecule has 1 fully saturated rings. The van der Waals surface area contributed by atoms with E-state index >= 15 is 0 Å². The van der Waals surface area contributed by atoms with Crippen LogP contribution in [0.4, 0.5) is 10.5 Å². The first-order chi connectivity index (χ1) is 27.1. The summed E-state index contributed by atoms with van der Waals surface area (Å²) in [6.07, 6.45) is -0.437. The number of amides is 4. The molecule has 3 atom stereocenters. The highest BCUT2D eigenvalue weighted by atomic mass is 16.7. The molecule has 4 amide bonds. The van der Waals surface area contributed by atoms with Crippen LogP contribution in [0.2, 0.25) is 0 Å². The maximum Gasteiger partial charge on any atom is 0.363 e. The van der Waals surface area contributed by atoms with Crippen molar-refractivity contribution in [2.45, 2.75) is 77.4 Å². The van der Waals surface area contributed by atoms with Crippen LogP contribution in [0.3, 0.4) is 0 Å². The molecular weight excluding hydrogens is 729 g/mol. The summed E-state index contributed by atoms with van der Waals surface area (Å²) in [4.78, 5) is 91.3. The van der Waals surface area contributed by atoms with Crippen LogP contribution in [0.25, 0.3) is 11.1 Å². The second-order valence-electron chi connectivity index (χ2n) is 14.7. The van der Waals surface area contributed by atoms with Gasteiger partial charge in [0.25, 0.3) is 5.91 Å². The Morgan fingerprint density at radius 3 is 1.95 bits per heavy atom. The zero-order valence-electron chi connectivity index (χ0n) is 32.7. The number of esters is 1. The molecule has 0 spiro atoms. The Kier molecular flexibility index (Phi) is 12.8. The van der Waals surface area contributed by atoms with Crippen LogP contribution in [0.1, 0.15) is 57.7 Å². The van der Waals surface area contributed by atoms with Gasteiger partial charge in [0, 0.05) is 12.2 Å². The lowest BCUT2D eigenvalue weighted by molar-refractivity contribution is -0.186. The number of anilines is 1. The highest BCUT2D eigenvalue weighted by Gasteiger charge is 2.58. The van der Waals surface area contributed by atoms with Crippen LogP contribution in [0, 0.1) is 5.53 Å². The number of benzene rings is 4. The smallest absolute Gasteiger partial charge is 0.363 e. The molecule has 0 aliphatic carbocycles. The molecule has 14 nitrogen and oxygen atoms in total. The molecule has 0 aromatic heterocycles. The average molecular weight is 775 g/mol. The molecule has 1 unspecified atom stereocenters. The Morgan fingerprint density at radius 2 is 1.40 bits per heavy atom. The molecule has 1 aliphatic rings. The molecule has 14 heteroatoms. The van der Waals surface area contributed by atoms with E-state index in [0.29, 0.717) is 21.8 Å². The van der Waals surface area contributed by atoms with Crippen LogP contribution in [0.5, 0.6) is 0 Å². The molecule has 4 aromatic rings. The molecule has 0 bridgehead atoms. The molecule has 4 aromatic carbocycles. The lowest BCUT2D eigenvalue weighted by atomic mass is 9.89. The van der Waals surface area contributed by atoms with Gasteiger partial charge >= 0.3 is 18.0 Å². The summed E-state index contributed by atoms with van der Waals surface area (Å²) >= 11 is 0. The average Bonchev–Trinajstić information content (AvgIpc) is 3.36. The van der Waals surface area contributed by atoms with E-state index < -0.39 is 65.2 Å². The van der Waals surface area contributed by atoms with Crippen molar-refractivity contribution in [1.29, 1.82) is 5.53 Å². The molecule has 0 radical (unpaired) electrons. The van der Waals surface area contributed by atoms with Crippen molar-refractivity contribution in [3.05, 3.63) is 126 Å². The lowest BCUT2D eigenvalue weighted by Crippen LogP contribution is -2.57. The number of rotatable bonds is 15. The minimum atomic E-state index is -1.98. The summed E-state index contributed by atoms with van der Waals surface area (Å²) in [5.74, 6) is -4.67. The van der Waals surface area contributed by atoms with Gasteiger partial charge in [0.15, 0.2) is 11.8 Å². The van der Waals surface area contributed by atoms with Gasteiger partial charge in [0.05, 0.1) is 19.0 Å². The molecule has 296 valence electrons. The van der Waals surface area contributed by atoms with Crippen molar-refractivity contribution in [3.8, 4) is 11.1 Å². The molecular formula is C43H46N6O8. The van der Waals surface area contributed by atoms with Crippen molar-refractivity contribution >= 4 is 41.3 Å². The summed E-state index contributed by atoms with van der Waals surface area (Å²) < 4.78 is 5.42. The van der Waals surface area contributed by atoms with Crippen LogP contribution >= 0.6 is 0 Å². The van der Waals surface area contributed by atoms with Crippen molar-refractivity contribution < 1.29 is 38.3 Å². The van der Waals surface area contributed by atoms with Gasteiger partial charge in [-0.3, -0.25) is 29.0 Å². The third kappa shape index (κ3) is 9.30. The number of hydrogen-bond donors (Lipinski definition) is 2. The van der Waals surface area contributed by atoms with Gasteiger partial charge in [-0.1, -0.05) is 102 Å². The number of ketones is 1. The number of hydrogen-bond acceptors (Lipinski definition) is 11. The Hall–Kier alpha value is -6.54. The van der Waals surface area contributed by atoms with Crippen LogP contribution in [-0.4, -0.2) is 70.3 Å². The number of likely N-dealkylation sites (N-methyl/N-ethyl adjacent to an activating group) is 1. The standard InChI is InChI=1S/C43H46N6O8/c1-28(50)37(48(34-15-11-8-12-16-34)38(52)35(45-6)25-36(51)56-42(2,3)4)39(53)57-49-40(54)43(5,33-23-19-29(20-24-33)26-46-44)47(41(49)55)27-30-17-21-32(22-18-30)31-13-9-7-10-14-31/h7-24,35,37,44-45H,25-27H2,1-6H3/t35?,37-,43+/m0/s1. The second-order valence-corrected chi connectivity index (χ2v) is 14.7. The molecule has 1 aliphatic heterocycles. The fourth-order valence-corrected chi connectivity index (χ4v) is 6.54. The topological polar surface area (TPSA) is 179 Å². The summed E-state index contributed by atoms with van der Waals surface area (Å²) in [6.45, 7) is 7.68. The van der Waals surface area contributed by atoms with Gasteiger partial charge in [-0.15, -0.1) is 0 Å². The molecule has 57 heavy (non-hydrogen) atoms. The van der Waals surface area contributed by atoms with E-state index in [1.54, 1.807) is 63.2 Å². The molecule has 5 rings (SSSR count).